The maximum absolute atomic E-state index is 9.75. The minimum absolute atomic E-state index is 0.182. The molecular weight excluding hydrogens is 338 g/mol. The van der Waals surface area contributed by atoms with Crippen LogP contribution in [0.5, 0.6) is 11.5 Å². The average Bonchev–Trinajstić information content (AvgIpc) is 2.96. The number of hydrogen-bond acceptors (Lipinski definition) is 4. The van der Waals surface area contributed by atoms with Crippen molar-refractivity contribution in [1.82, 2.24) is 0 Å². The van der Waals surface area contributed by atoms with Crippen LogP contribution in [0.4, 0.5) is 5.69 Å². The maximum atomic E-state index is 9.75. The minimum Gasteiger partial charge on any atom is -0.508 e. The van der Waals surface area contributed by atoms with E-state index in [1.54, 1.807) is 19.2 Å². The first kappa shape index (κ1) is 15.7. The zero-order chi connectivity index (χ0) is 17.4. The number of fused-ring (bicyclic) bond motifs is 3. The molecule has 3 aromatic carbocycles. The van der Waals surface area contributed by atoms with Crippen LogP contribution in [0.3, 0.4) is 0 Å². The van der Waals surface area contributed by atoms with Crippen LogP contribution < -0.4 is 10.1 Å². The number of furan rings is 1. The van der Waals surface area contributed by atoms with E-state index in [0.29, 0.717) is 17.3 Å². The van der Waals surface area contributed by atoms with Gasteiger partial charge in [0.05, 0.1) is 7.11 Å². The zero-order valence-electron chi connectivity index (χ0n) is 13.5. The highest BCUT2D eigenvalue weighted by atomic mass is 35.5. The van der Waals surface area contributed by atoms with Crippen LogP contribution in [0, 0.1) is 0 Å². The Morgan fingerprint density at radius 2 is 1.76 bits per heavy atom. The van der Waals surface area contributed by atoms with Gasteiger partial charge in [0.2, 0.25) is 0 Å². The van der Waals surface area contributed by atoms with Gasteiger partial charge in [-0.05, 0) is 54.1 Å². The number of halogens is 1. The van der Waals surface area contributed by atoms with Gasteiger partial charge in [0.1, 0.15) is 22.7 Å². The predicted octanol–water partition coefficient (Wildman–Crippen LogP) is 5.57. The van der Waals surface area contributed by atoms with E-state index in [9.17, 15) is 5.11 Å². The van der Waals surface area contributed by atoms with Gasteiger partial charge in [0.25, 0.3) is 0 Å². The van der Waals surface area contributed by atoms with Crippen molar-refractivity contribution in [3.63, 3.8) is 0 Å². The third-order valence-corrected chi connectivity index (χ3v) is 4.35. The van der Waals surface area contributed by atoms with Crippen LogP contribution in [-0.2, 0) is 6.54 Å². The molecule has 0 spiro atoms. The number of anilines is 1. The van der Waals surface area contributed by atoms with Crippen LogP contribution in [0.2, 0.25) is 5.02 Å². The first-order valence-corrected chi connectivity index (χ1v) is 8.23. The Hall–Kier alpha value is -2.85. The lowest BCUT2D eigenvalue weighted by atomic mass is 10.1. The third kappa shape index (κ3) is 3.08. The lowest BCUT2D eigenvalue weighted by Gasteiger charge is -2.09. The van der Waals surface area contributed by atoms with Gasteiger partial charge in [-0.2, -0.15) is 0 Å². The Balaban J connectivity index is 1.64. The number of nitrogens with one attached hydrogen (secondary N) is 1. The van der Waals surface area contributed by atoms with Crippen LogP contribution in [0.25, 0.3) is 21.9 Å². The normalized spacial score (nSPS) is 11.1. The summed E-state index contributed by atoms with van der Waals surface area (Å²) in [6.45, 7) is 0.562. The highest BCUT2D eigenvalue weighted by molar-refractivity contribution is 6.31. The first-order valence-electron chi connectivity index (χ1n) is 7.85. The average molecular weight is 354 g/mol. The van der Waals surface area contributed by atoms with Gasteiger partial charge in [0, 0.05) is 34.1 Å². The van der Waals surface area contributed by atoms with E-state index in [0.717, 1.165) is 33.2 Å². The number of methoxy groups -OCH3 is 1. The van der Waals surface area contributed by atoms with E-state index >= 15 is 0 Å². The fourth-order valence-corrected chi connectivity index (χ4v) is 3.10. The molecule has 0 unspecified atom stereocenters. The monoisotopic (exact) mass is 353 g/mol. The number of hydrogen-bond donors (Lipinski definition) is 2. The second-order valence-corrected chi connectivity index (χ2v) is 6.28. The van der Waals surface area contributed by atoms with E-state index in [4.69, 9.17) is 20.8 Å². The molecule has 0 aliphatic heterocycles. The molecule has 0 saturated carbocycles. The van der Waals surface area contributed by atoms with E-state index in [1.807, 2.05) is 42.5 Å². The van der Waals surface area contributed by atoms with E-state index in [-0.39, 0.29) is 5.75 Å². The Bertz CT molecular complexity index is 1070. The minimum atomic E-state index is 0.182. The third-order valence-electron chi connectivity index (χ3n) is 4.11. The van der Waals surface area contributed by atoms with Crippen molar-refractivity contribution in [3.8, 4) is 11.5 Å². The van der Waals surface area contributed by atoms with Crippen molar-refractivity contribution < 1.29 is 14.3 Å². The molecule has 0 bridgehead atoms. The molecule has 126 valence electrons. The number of benzene rings is 3. The number of aromatic hydroxyl groups is 1. The van der Waals surface area contributed by atoms with Gasteiger partial charge in [0.15, 0.2) is 0 Å². The SMILES string of the molecule is COc1cc(O)cc(CNc2ccc3oc4ccc(Cl)cc4c3c2)c1. The van der Waals surface area contributed by atoms with Crippen molar-refractivity contribution in [2.45, 2.75) is 6.54 Å². The van der Waals surface area contributed by atoms with Crippen molar-refractivity contribution in [2.75, 3.05) is 12.4 Å². The fraction of sp³-hybridized carbons (Fsp3) is 0.100. The summed E-state index contributed by atoms with van der Waals surface area (Å²) in [5.74, 6) is 0.810. The first-order chi connectivity index (χ1) is 12.1. The van der Waals surface area contributed by atoms with Gasteiger partial charge in [-0.25, -0.2) is 0 Å². The van der Waals surface area contributed by atoms with E-state index in [1.165, 1.54) is 0 Å². The highest BCUT2D eigenvalue weighted by Gasteiger charge is 2.08. The van der Waals surface area contributed by atoms with Crippen LogP contribution in [0.15, 0.2) is 59.0 Å². The highest BCUT2D eigenvalue weighted by Crippen LogP contribution is 2.32. The topological polar surface area (TPSA) is 54.6 Å². The molecule has 25 heavy (non-hydrogen) atoms. The molecule has 0 fully saturated rings. The Kier molecular flexibility index (Phi) is 3.90. The predicted molar refractivity (Wildman–Crippen MR) is 101 cm³/mol. The maximum Gasteiger partial charge on any atom is 0.135 e. The Morgan fingerprint density at radius 1 is 1.00 bits per heavy atom. The van der Waals surface area contributed by atoms with E-state index in [2.05, 4.69) is 5.32 Å². The zero-order valence-corrected chi connectivity index (χ0v) is 14.3. The molecule has 0 aliphatic rings. The summed E-state index contributed by atoms with van der Waals surface area (Å²) in [4.78, 5) is 0. The van der Waals surface area contributed by atoms with Gasteiger partial charge < -0.3 is 19.6 Å². The molecule has 0 aliphatic carbocycles. The molecular formula is C20H16ClNO3. The Morgan fingerprint density at radius 3 is 2.56 bits per heavy atom. The quantitative estimate of drug-likeness (QED) is 0.504. The molecule has 1 heterocycles. The van der Waals surface area contributed by atoms with Crippen LogP contribution in [-0.4, -0.2) is 12.2 Å². The van der Waals surface area contributed by atoms with Crippen molar-refractivity contribution in [1.29, 1.82) is 0 Å². The smallest absolute Gasteiger partial charge is 0.135 e. The summed E-state index contributed by atoms with van der Waals surface area (Å²) in [5, 5.41) is 15.8. The molecule has 2 N–H and O–H groups in total. The second kappa shape index (κ2) is 6.22. The summed E-state index contributed by atoms with van der Waals surface area (Å²) in [6.07, 6.45) is 0. The molecule has 5 heteroatoms. The van der Waals surface area contributed by atoms with Crippen LogP contribution in [0.1, 0.15) is 5.56 Å². The largest absolute Gasteiger partial charge is 0.508 e. The van der Waals surface area contributed by atoms with Crippen molar-refractivity contribution >= 4 is 39.2 Å². The summed E-state index contributed by atoms with van der Waals surface area (Å²) in [6, 6.07) is 16.7. The van der Waals surface area contributed by atoms with Gasteiger partial charge in [-0.1, -0.05) is 11.6 Å². The molecule has 4 aromatic rings. The molecule has 0 amide bonds. The van der Waals surface area contributed by atoms with Crippen LogP contribution >= 0.6 is 11.6 Å². The molecule has 0 saturated heterocycles. The molecule has 0 atom stereocenters. The molecule has 4 rings (SSSR count). The summed E-state index contributed by atoms with van der Waals surface area (Å²) >= 11 is 6.11. The fourth-order valence-electron chi connectivity index (χ4n) is 2.93. The van der Waals surface area contributed by atoms with Crippen molar-refractivity contribution in [2.24, 2.45) is 0 Å². The lowest BCUT2D eigenvalue weighted by Crippen LogP contribution is -1.99. The summed E-state index contributed by atoms with van der Waals surface area (Å²) < 4.78 is 11.0. The summed E-state index contributed by atoms with van der Waals surface area (Å²) in [5.41, 5.74) is 3.52. The number of rotatable bonds is 4. The molecule has 0 radical (unpaired) electrons. The van der Waals surface area contributed by atoms with E-state index < -0.39 is 0 Å². The number of phenolic OH excluding ortho intramolecular Hbond substituents is 1. The van der Waals surface area contributed by atoms with Gasteiger partial charge >= 0.3 is 0 Å². The van der Waals surface area contributed by atoms with Gasteiger partial charge in [-0.15, -0.1) is 0 Å². The lowest BCUT2D eigenvalue weighted by molar-refractivity contribution is 0.407. The number of ether oxygens (including phenoxy) is 1. The molecule has 1 aromatic heterocycles. The molecule has 4 nitrogen and oxygen atoms in total. The summed E-state index contributed by atoms with van der Waals surface area (Å²) in [7, 11) is 1.58. The Labute approximate surface area is 149 Å². The standard InChI is InChI=1S/C20H16ClNO3/c1-24-16-7-12(6-15(23)10-16)11-22-14-3-5-20-18(9-14)17-8-13(21)2-4-19(17)25-20/h2-10,22-23H,11H2,1H3. The number of phenols is 1. The van der Waals surface area contributed by atoms with Crippen molar-refractivity contribution in [3.05, 3.63) is 65.2 Å². The van der Waals surface area contributed by atoms with Gasteiger partial charge in [-0.3, -0.25) is 0 Å². The second-order valence-electron chi connectivity index (χ2n) is 5.85.